The largest absolute Gasteiger partial charge is 0.300 e. The number of ketones is 1. The molecular weight excluding hydrogens is 215 g/mol. The summed E-state index contributed by atoms with van der Waals surface area (Å²) >= 11 is 5.88. The lowest BCUT2D eigenvalue weighted by Gasteiger charge is -2.12. The minimum absolute atomic E-state index is 0.0204. The highest BCUT2D eigenvalue weighted by Crippen LogP contribution is 2.22. The van der Waals surface area contributed by atoms with Crippen molar-refractivity contribution in [2.75, 3.05) is 0 Å². The highest BCUT2D eigenvalue weighted by molar-refractivity contribution is 6.31. The Balaban J connectivity index is 2.84. The smallest absolute Gasteiger partial charge is 0.133 e. The van der Waals surface area contributed by atoms with Gasteiger partial charge in [0.1, 0.15) is 11.6 Å². The maximum atomic E-state index is 12.8. The van der Waals surface area contributed by atoms with Gasteiger partial charge in [-0.3, -0.25) is 4.79 Å². The molecule has 1 rings (SSSR count). The molecule has 0 saturated heterocycles. The fourth-order valence-corrected chi connectivity index (χ4v) is 1.77. The highest BCUT2D eigenvalue weighted by atomic mass is 35.5. The lowest BCUT2D eigenvalue weighted by Crippen LogP contribution is -2.13. The first-order chi connectivity index (χ1) is 7.04. The topological polar surface area (TPSA) is 17.1 Å². The van der Waals surface area contributed by atoms with Gasteiger partial charge in [0, 0.05) is 10.9 Å². The molecule has 1 nitrogen and oxygen atoms in total. The Bertz CT molecular complexity index is 363. The van der Waals surface area contributed by atoms with Gasteiger partial charge in [0.05, 0.1) is 0 Å². The first kappa shape index (κ1) is 12.2. The van der Waals surface area contributed by atoms with Crippen molar-refractivity contribution in [2.45, 2.75) is 26.7 Å². The fourth-order valence-electron chi connectivity index (χ4n) is 1.53. The molecule has 0 saturated carbocycles. The van der Waals surface area contributed by atoms with Crippen LogP contribution >= 0.6 is 11.6 Å². The molecule has 0 spiro atoms. The Hall–Kier alpha value is -0.890. The normalized spacial score (nSPS) is 12.5. The molecule has 0 amide bonds. The molecule has 0 heterocycles. The van der Waals surface area contributed by atoms with E-state index < -0.39 is 0 Å². The van der Waals surface area contributed by atoms with Crippen LogP contribution in [-0.4, -0.2) is 5.78 Å². The maximum Gasteiger partial charge on any atom is 0.133 e. The van der Waals surface area contributed by atoms with E-state index in [4.69, 9.17) is 11.6 Å². The van der Waals surface area contributed by atoms with Crippen molar-refractivity contribution in [3.05, 3.63) is 34.6 Å². The van der Waals surface area contributed by atoms with E-state index in [-0.39, 0.29) is 17.5 Å². The van der Waals surface area contributed by atoms with Crippen molar-refractivity contribution in [3.63, 3.8) is 0 Å². The van der Waals surface area contributed by atoms with Gasteiger partial charge < -0.3 is 0 Å². The second-order valence-electron chi connectivity index (χ2n) is 3.66. The summed E-state index contributed by atoms with van der Waals surface area (Å²) < 4.78 is 12.8. The monoisotopic (exact) mass is 228 g/mol. The first-order valence-corrected chi connectivity index (χ1v) is 5.36. The highest BCUT2D eigenvalue weighted by Gasteiger charge is 2.14. The molecule has 3 heteroatoms. The number of carbonyl (C=O) groups is 1. The summed E-state index contributed by atoms with van der Waals surface area (Å²) in [7, 11) is 0. The van der Waals surface area contributed by atoms with Crippen LogP contribution < -0.4 is 0 Å². The molecule has 0 aliphatic carbocycles. The van der Waals surface area contributed by atoms with Crippen LogP contribution in [0.3, 0.4) is 0 Å². The molecule has 0 radical (unpaired) electrons. The Morgan fingerprint density at radius 2 is 2.20 bits per heavy atom. The number of rotatable bonds is 4. The molecule has 1 aromatic rings. The minimum Gasteiger partial charge on any atom is -0.300 e. The fraction of sp³-hybridized carbons (Fsp3) is 0.417. The summed E-state index contributed by atoms with van der Waals surface area (Å²) in [6, 6.07) is 4.29. The summed E-state index contributed by atoms with van der Waals surface area (Å²) in [6.45, 7) is 3.54. The number of benzene rings is 1. The Kier molecular flexibility index (Phi) is 4.28. The van der Waals surface area contributed by atoms with Crippen LogP contribution in [0.15, 0.2) is 18.2 Å². The van der Waals surface area contributed by atoms with Gasteiger partial charge in [0.25, 0.3) is 0 Å². The van der Waals surface area contributed by atoms with Gasteiger partial charge in [0.2, 0.25) is 0 Å². The van der Waals surface area contributed by atoms with E-state index in [1.54, 1.807) is 13.0 Å². The minimum atomic E-state index is -0.348. The molecule has 1 aromatic carbocycles. The van der Waals surface area contributed by atoms with E-state index in [9.17, 15) is 9.18 Å². The standard InChI is InChI=1S/C12H14ClFO/c1-3-9(8(2)15)6-10-4-5-11(14)7-12(10)13/h4-5,7,9H,3,6H2,1-2H3. The van der Waals surface area contributed by atoms with Crippen molar-refractivity contribution in [3.8, 4) is 0 Å². The van der Waals surface area contributed by atoms with E-state index >= 15 is 0 Å². The van der Waals surface area contributed by atoms with Crippen LogP contribution in [0, 0.1) is 11.7 Å². The van der Waals surface area contributed by atoms with Crippen LogP contribution in [0.5, 0.6) is 0 Å². The van der Waals surface area contributed by atoms with Gasteiger partial charge in [-0.1, -0.05) is 24.6 Å². The molecule has 0 aliphatic heterocycles. The van der Waals surface area contributed by atoms with Crippen molar-refractivity contribution in [2.24, 2.45) is 5.92 Å². The molecular formula is C12H14ClFO. The molecule has 15 heavy (non-hydrogen) atoms. The summed E-state index contributed by atoms with van der Waals surface area (Å²) in [5.74, 6) is -0.217. The predicted octanol–water partition coefficient (Wildman–Crippen LogP) is 3.64. The van der Waals surface area contributed by atoms with Crippen molar-refractivity contribution >= 4 is 17.4 Å². The van der Waals surface area contributed by atoms with E-state index in [0.29, 0.717) is 11.4 Å². The van der Waals surface area contributed by atoms with E-state index in [1.165, 1.54) is 12.1 Å². The number of Topliss-reactive ketones (excluding diaryl/α,β-unsaturated/α-hetero) is 1. The molecule has 1 atom stereocenters. The average Bonchev–Trinajstić information content (AvgIpc) is 2.16. The van der Waals surface area contributed by atoms with E-state index in [0.717, 1.165) is 12.0 Å². The van der Waals surface area contributed by atoms with Crippen molar-refractivity contribution < 1.29 is 9.18 Å². The Morgan fingerprint density at radius 1 is 1.53 bits per heavy atom. The van der Waals surface area contributed by atoms with Crippen molar-refractivity contribution in [1.29, 1.82) is 0 Å². The third-order valence-electron chi connectivity index (χ3n) is 2.55. The number of carbonyl (C=O) groups excluding carboxylic acids is 1. The van der Waals surface area contributed by atoms with Gasteiger partial charge in [-0.15, -0.1) is 0 Å². The second kappa shape index (κ2) is 5.26. The van der Waals surface area contributed by atoms with Crippen LogP contribution in [0.1, 0.15) is 25.8 Å². The molecule has 82 valence electrons. The third kappa shape index (κ3) is 3.31. The molecule has 0 aromatic heterocycles. The summed E-state index contributed by atoms with van der Waals surface area (Å²) in [4.78, 5) is 11.2. The van der Waals surface area contributed by atoms with Gasteiger partial charge in [-0.05, 0) is 37.5 Å². The Labute approximate surface area is 94.3 Å². The zero-order chi connectivity index (χ0) is 11.4. The molecule has 0 N–H and O–H groups in total. The number of hydrogen-bond acceptors (Lipinski definition) is 1. The first-order valence-electron chi connectivity index (χ1n) is 4.99. The van der Waals surface area contributed by atoms with Crippen LogP contribution in [0.25, 0.3) is 0 Å². The van der Waals surface area contributed by atoms with Gasteiger partial charge in [-0.25, -0.2) is 4.39 Å². The van der Waals surface area contributed by atoms with E-state index in [1.807, 2.05) is 6.92 Å². The molecule has 0 aliphatic rings. The zero-order valence-electron chi connectivity index (χ0n) is 8.89. The quantitative estimate of drug-likeness (QED) is 0.769. The molecule has 0 fully saturated rings. The van der Waals surface area contributed by atoms with Crippen LogP contribution in [-0.2, 0) is 11.2 Å². The van der Waals surface area contributed by atoms with Gasteiger partial charge >= 0.3 is 0 Å². The van der Waals surface area contributed by atoms with Crippen LogP contribution in [0.4, 0.5) is 4.39 Å². The Morgan fingerprint density at radius 3 is 2.67 bits per heavy atom. The summed E-state index contributed by atoms with van der Waals surface area (Å²) in [5, 5.41) is 0.398. The predicted molar refractivity (Wildman–Crippen MR) is 59.6 cm³/mol. The number of hydrogen-bond donors (Lipinski definition) is 0. The average molecular weight is 229 g/mol. The van der Waals surface area contributed by atoms with E-state index in [2.05, 4.69) is 0 Å². The maximum absolute atomic E-state index is 12.8. The second-order valence-corrected chi connectivity index (χ2v) is 4.06. The number of halogens is 2. The van der Waals surface area contributed by atoms with Crippen LogP contribution in [0.2, 0.25) is 5.02 Å². The summed E-state index contributed by atoms with van der Waals surface area (Å²) in [6.07, 6.45) is 1.37. The lowest BCUT2D eigenvalue weighted by molar-refractivity contribution is -0.120. The summed E-state index contributed by atoms with van der Waals surface area (Å²) in [5.41, 5.74) is 0.833. The SMILES string of the molecule is CCC(Cc1ccc(F)cc1Cl)C(C)=O. The molecule has 1 unspecified atom stereocenters. The van der Waals surface area contributed by atoms with Crippen molar-refractivity contribution in [1.82, 2.24) is 0 Å². The zero-order valence-corrected chi connectivity index (χ0v) is 9.64. The lowest BCUT2D eigenvalue weighted by atomic mass is 9.94. The van der Waals surface area contributed by atoms with Gasteiger partial charge in [-0.2, -0.15) is 0 Å². The molecule has 0 bridgehead atoms. The van der Waals surface area contributed by atoms with Gasteiger partial charge in [0.15, 0.2) is 0 Å². The third-order valence-corrected chi connectivity index (χ3v) is 2.90.